The van der Waals surface area contributed by atoms with E-state index in [-0.39, 0.29) is 0 Å². The first kappa shape index (κ1) is 17.7. The van der Waals surface area contributed by atoms with E-state index in [9.17, 15) is 5.26 Å². The monoisotopic (exact) mass is 384 g/mol. The zero-order chi connectivity index (χ0) is 19.3. The summed E-state index contributed by atoms with van der Waals surface area (Å²) >= 11 is 1.44. The topological polar surface area (TPSA) is 70.8 Å². The van der Waals surface area contributed by atoms with Gasteiger partial charge >= 0.3 is 0 Å². The SMILES string of the molecule is COc1ccc(-c2csc(/C(C#N)=C/Nc3ccc4ncccc4c3)n2)cc1. The second-order valence-corrected chi connectivity index (χ2v) is 6.85. The lowest BCUT2D eigenvalue weighted by Gasteiger charge is -2.03. The van der Waals surface area contributed by atoms with Crippen LogP contribution in [-0.2, 0) is 0 Å². The summed E-state index contributed by atoms with van der Waals surface area (Å²) in [6.45, 7) is 0. The smallest absolute Gasteiger partial charge is 0.136 e. The summed E-state index contributed by atoms with van der Waals surface area (Å²) in [6, 6.07) is 19.7. The molecule has 0 spiro atoms. The average molecular weight is 384 g/mol. The molecule has 1 N–H and O–H groups in total. The minimum absolute atomic E-state index is 0.482. The highest BCUT2D eigenvalue weighted by Gasteiger charge is 2.09. The third-order valence-corrected chi connectivity index (χ3v) is 5.10. The van der Waals surface area contributed by atoms with E-state index >= 15 is 0 Å². The van der Waals surface area contributed by atoms with Crippen molar-refractivity contribution in [1.82, 2.24) is 9.97 Å². The van der Waals surface area contributed by atoms with Crippen molar-refractivity contribution in [2.75, 3.05) is 12.4 Å². The van der Waals surface area contributed by atoms with Gasteiger partial charge in [-0.1, -0.05) is 6.07 Å². The zero-order valence-corrected chi connectivity index (χ0v) is 15.9. The number of aromatic nitrogens is 2. The number of hydrogen-bond donors (Lipinski definition) is 1. The highest BCUT2D eigenvalue weighted by molar-refractivity contribution is 7.11. The molecule has 0 amide bonds. The first-order valence-corrected chi connectivity index (χ1v) is 9.47. The molecule has 0 saturated carbocycles. The maximum atomic E-state index is 9.56. The third-order valence-electron chi connectivity index (χ3n) is 4.23. The number of methoxy groups -OCH3 is 1. The predicted octanol–water partition coefficient (Wildman–Crippen LogP) is 5.34. The number of ether oxygens (including phenoxy) is 1. The molecular weight excluding hydrogens is 368 g/mol. The Labute approximate surface area is 166 Å². The van der Waals surface area contributed by atoms with Crippen LogP contribution in [0.5, 0.6) is 5.75 Å². The second-order valence-electron chi connectivity index (χ2n) is 5.99. The molecule has 0 fully saturated rings. The highest BCUT2D eigenvalue weighted by atomic mass is 32.1. The number of nitrogens with one attached hydrogen (secondary N) is 1. The number of nitrogens with zero attached hydrogens (tertiary/aromatic N) is 3. The van der Waals surface area contributed by atoms with Crippen molar-refractivity contribution in [1.29, 1.82) is 5.26 Å². The van der Waals surface area contributed by atoms with Crippen LogP contribution < -0.4 is 10.1 Å². The van der Waals surface area contributed by atoms with Crippen LogP contribution in [0.15, 0.2) is 72.4 Å². The molecule has 0 unspecified atom stereocenters. The summed E-state index contributed by atoms with van der Waals surface area (Å²) in [5.41, 5.74) is 4.12. The molecule has 0 aliphatic rings. The van der Waals surface area contributed by atoms with Crippen molar-refractivity contribution in [3.05, 3.63) is 77.4 Å². The molecule has 136 valence electrons. The number of pyridine rings is 1. The molecule has 5 nitrogen and oxygen atoms in total. The van der Waals surface area contributed by atoms with E-state index in [1.54, 1.807) is 19.5 Å². The Morgan fingerprint density at radius 2 is 2.04 bits per heavy atom. The van der Waals surface area contributed by atoms with Crippen molar-refractivity contribution in [2.45, 2.75) is 0 Å². The Bertz CT molecular complexity index is 1190. The molecule has 2 heterocycles. The summed E-state index contributed by atoms with van der Waals surface area (Å²) in [6.07, 6.45) is 3.46. The molecule has 0 aliphatic heterocycles. The molecule has 6 heteroatoms. The van der Waals surface area contributed by atoms with Crippen molar-refractivity contribution in [3.8, 4) is 23.1 Å². The molecule has 0 atom stereocenters. The van der Waals surface area contributed by atoms with Gasteiger partial charge in [-0.3, -0.25) is 4.98 Å². The van der Waals surface area contributed by atoms with E-state index in [0.29, 0.717) is 10.6 Å². The van der Waals surface area contributed by atoms with Gasteiger partial charge in [0.1, 0.15) is 22.4 Å². The number of thiazole rings is 1. The van der Waals surface area contributed by atoms with Gasteiger partial charge in [-0.25, -0.2) is 4.98 Å². The zero-order valence-electron chi connectivity index (χ0n) is 15.1. The Morgan fingerprint density at radius 1 is 1.18 bits per heavy atom. The second kappa shape index (κ2) is 7.91. The third kappa shape index (κ3) is 3.70. The Balaban J connectivity index is 1.56. The summed E-state index contributed by atoms with van der Waals surface area (Å²) in [5.74, 6) is 0.798. The minimum Gasteiger partial charge on any atom is -0.497 e. The fraction of sp³-hybridized carbons (Fsp3) is 0.0455. The normalized spacial score (nSPS) is 11.2. The number of hydrogen-bond acceptors (Lipinski definition) is 6. The Hall–Kier alpha value is -3.69. The van der Waals surface area contributed by atoms with E-state index in [1.807, 2.05) is 60.0 Å². The van der Waals surface area contributed by atoms with Crippen LogP contribution in [-0.4, -0.2) is 17.1 Å². The van der Waals surface area contributed by atoms with Crippen LogP contribution in [0.4, 0.5) is 5.69 Å². The molecule has 2 aromatic carbocycles. The number of nitriles is 1. The highest BCUT2D eigenvalue weighted by Crippen LogP contribution is 2.27. The Kier molecular flexibility index (Phi) is 5.00. The first-order valence-electron chi connectivity index (χ1n) is 8.59. The van der Waals surface area contributed by atoms with Gasteiger partial charge in [-0.05, 0) is 48.5 Å². The predicted molar refractivity (Wildman–Crippen MR) is 113 cm³/mol. The summed E-state index contributed by atoms with van der Waals surface area (Å²) < 4.78 is 5.18. The van der Waals surface area contributed by atoms with Crippen LogP contribution in [0.3, 0.4) is 0 Å². The van der Waals surface area contributed by atoms with Gasteiger partial charge in [0, 0.05) is 34.4 Å². The minimum atomic E-state index is 0.482. The van der Waals surface area contributed by atoms with Crippen LogP contribution >= 0.6 is 11.3 Å². The van der Waals surface area contributed by atoms with Gasteiger partial charge in [-0.2, -0.15) is 5.26 Å². The van der Waals surface area contributed by atoms with E-state index in [2.05, 4.69) is 21.4 Å². The van der Waals surface area contributed by atoms with Gasteiger partial charge in [0.15, 0.2) is 0 Å². The van der Waals surface area contributed by atoms with Gasteiger partial charge < -0.3 is 10.1 Å². The van der Waals surface area contributed by atoms with Crippen LogP contribution in [0.25, 0.3) is 27.7 Å². The molecule has 0 bridgehead atoms. The number of rotatable bonds is 5. The molecule has 0 saturated heterocycles. The van der Waals surface area contributed by atoms with E-state index in [1.165, 1.54) is 11.3 Å². The number of allylic oxidation sites excluding steroid dienone is 1. The standard InChI is InChI=1S/C22H16N4OS/c1-27-19-7-4-15(5-8-19)21-14-28-22(26-21)17(12-23)13-25-18-6-9-20-16(11-18)3-2-10-24-20/h2-11,13-14,25H,1H3/b17-13+. The maximum absolute atomic E-state index is 9.56. The number of anilines is 1. The average Bonchev–Trinajstić information content (AvgIpc) is 3.24. The van der Waals surface area contributed by atoms with Crippen molar-refractivity contribution in [3.63, 3.8) is 0 Å². The maximum Gasteiger partial charge on any atom is 0.136 e. The van der Waals surface area contributed by atoms with E-state index in [0.717, 1.165) is 33.6 Å². The largest absolute Gasteiger partial charge is 0.497 e. The molecule has 2 aromatic heterocycles. The van der Waals surface area contributed by atoms with Gasteiger partial charge in [0.05, 0.1) is 18.3 Å². The van der Waals surface area contributed by atoms with Crippen LogP contribution in [0.2, 0.25) is 0 Å². The lowest BCUT2D eigenvalue weighted by atomic mass is 10.2. The van der Waals surface area contributed by atoms with Crippen molar-refractivity contribution in [2.24, 2.45) is 0 Å². The van der Waals surface area contributed by atoms with Crippen molar-refractivity contribution < 1.29 is 4.74 Å². The van der Waals surface area contributed by atoms with Gasteiger partial charge in [0.25, 0.3) is 0 Å². The van der Waals surface area contributed by atoms with Crippen molar-refractivity contribution >= 4 is 33.5 Å². The summed E-state index contributed by atoms with van der Waals surface area (Å²) in [7, 11) is 1.64. The lowest BCUT2D eigenvalue weighted by molar-refractivity contribution is 0.415. The first-order chi connectivity index (χ1) is 13.8. The number of benzene rings is 2. The summed E-state index contributed by atoms with van der Waals surface area (Å²) in [4.78, 5) is 8.92. The van der Waals surface area contributed by atoms with E-state index in [4.69, 9.17) is 4.74 Å². The van der Waals surface area contributed by atoms with Gasteiger partial charge in [0.2, 0.25) is 0 Å². The van der Waals surface area contributed by atoms with Crippen LogP contribution in [0.1, 0.15) is 5.01 Å². The molecule has 0 radical (unpaired) electrons. The van der Waals surface area contributed by atoms with E-state index < -0.39 is 0 Å². The molecular formula is C22H16N4OS. The summed E-state index contributed by atoms with van der Waals surface area (Å²) in [5, 5.41) is 16.4. The fourth-order valence-electron chi connectivity index (χ4n) is 2.75. The molecule has 4 rings (SSSR count). The van der Waals surface area contributed by atoms with Gasteiger partial charge in [-0.15, -0.1) is 11.3 Å². The molecule has 4 aromatic rings. The fourth-order valence-corrected chi connectivity index (χ4v) is 3.55. The number of fused-ring (bicyclic) bond motifs is 1. The quantitative estimate of drug-likeness (QED) is 0.470. The van der Waals surface area contributed by atoms with Crippen LogP contribution in [0, 0.1) is 11.3 Å². The lowest BCUT2D eigenvalue weighted by Crippen LogP contribution is -1.91. The molecule has 0 aliphatic carbocycles. The molecule has 28 heavy (non-hydrogen) atoms. The Morgan fingerprint density at radius 3 is 2.82 bits per heavy atom.